The van der Waals surface area contributed by atoms with Crippen LogP contribution in [0.3, 0.4) is 0 Å². The van der Waals surface area contributed by atoms with Gasteiger partial charge < -0.3 is 5.32 Å². The number of hydrogen-bond donors (Lipinski definition) is 1. The highest BCUT2D eigenvalue weighted by Gasteiger charge is 2.45. The molecule has 1 N–H and O–H groups in total. The van der Waals surface area contributed by atoms with Crippen molar-refractivity contribution in [3.63, 3.8) is 0 Å². The Balaban J connectivity index is 1.87. The number of anilines is 1. The number of nitrogens with one attached hydrogen (secondary N) is 1. The van der Waals surface area contributed by atoms with E-state index in [9.17, 15) is 4.79 Å². The Morgan fingerprint density at radius 2 is 1.80 bits per heavy atom. The summed E-state index contributed by atoms with van der Waals surface area (Å²) in [4.78, 5) is 12.7. The van der Waals surface area contributed by atoms with E-state index in [1.165, 1.54) is 0 Å². The molecule has 0 spiro atoms. The molecule has 1 aliphatic rings. The molecular weight excluding hydrogens is 270 g/mol. The lowest BCUT2D eigenvalue weighted by Crippen LogP contribution is -2.46. The summed E-state index contributed by atoms with van der Waals surface area (Å²) in [5.41, 5.74) is 1.44. The average molecular weight is 286 g/mol. The molecule has 2 nitrogen and oxygen atoms in total. The van der Waals surface area contributed by atoms with Crippen molar-refractivity contribution >= 4 is 23.2 Å². The SMILES string of the molecule is O=C(Nc1ccccc1)C1(c2cccc(Cl)c2)CCC1. The molecule has 0 aliphatic heterocycles. The van der Waals surface area contributed by atoms with Crippen LogP contribution in [0.25, 0.3) is 0 Å². The third-order valence-corrected chi connectivity index (χ3v) is 4.29. The Morgan fingerprint density at radius 3 is 2.40 bits per heavy atom. The van der Waals surface area contributed by atoms with Crippen molar-refractivity contribution in [1.82, 2.24) is 0 Å². The molecular formula is C17H16ClNO. The van der Waals surface area contributed by atoms with Crippen LogP contribution < -0.4 is 5.32 Å². The first kappa shape index (κ1) is 13.2. The Hall–Kier alpha value is -1.80. The standard InChI is InChI=1S/C17H16ClNO/c18-14-7-4-6-13(12-14)17(10-5-11-17)16(20)19-15-8-2-1-3-9-15/h1-4,6-9,12H,5,10-11H2,(H,19,20). The minimum Gasteiger partial charge on any atom is -0.325 e. The molecule has 1 saturated carbocycles. The smallest absolute Gasteiger partial charge is 0.235 e. The maximum absolute atomic E-state index is 12.7. The number of carbonyl (C=O) groups excluding carboxylic acids is 1. The van der Waals surface area contributed by atoms with Gasteiger partial charge in [0.1, 0.15) is 0 Å². The second kappa shape index (κ2) is 5.29. The molecule has 0 radical (unpaired) electrons. The molecule has 0 saturated heterocycles. The minimum atomic E-state index is -0.416. The second-order valence-corrected chi connectivity index (χ2v) is 5.70. The molecule has 2 aromatic carbocycles. The first-order valence-electron chi connectivity index (χ1n) is 6.83. The van der Waals surface area contributed by atoms with Crippen molar-refractivity contribution in [3.8, 4) is 0 Å². The predicted molar refractivity (Wildman–Crippen MR) is 82.1 cm³/mol. The van der Waals surface area contributed by atoms with Gasteiger partial charge in [0.2, 0.25) is 5.91 Å². The lowest BCUT2D eigenvalue weighted by Gasteiger charge is -2.40. The maximum atomic E-state index is 12.7. The van der Waals surface area contributed by atoms with E-state index in [2.05, 4.69) is 5.32 Å². The lowest BCUT2D eigenvalue weighted by atomic mass is 9.64. The van der Waals surface area contributed by atoms with Gasteiger partial charge in [-0.15, -0.1) is 0 Å². The summed E-state index contributed by atoms with van der Waals surface area (Å²) in [5.74, 6) is 0.0669. The number of benzene rings is 2. The van der Waals surface area contributed by atoms with Gasteiger partial charge in [0.25, 0.3) is 0 Å². The average Bonchev–Trinajstić information content (AvgIpc) is 2.38. The van der Waals surface area contributed by atoms with Crippen molar-refractivity contribution < 1.29 is 4.79 Å². The van der Waals surface area contributed by atoms with Crippen LogP contribution in [0.15, 0.2) is 54.6 Å². The molecule has 1 amide bonds. The van der Waals surface area contributed by atoms with Crippen LogP contribution in [0.4, 0.5) is 5.69 Å². The van der Waals surface area contributed by atoms with Crippen LogP contribution in [-0.2, 0) is 10.2 Å². The third-order valence-electron chi connectivity index (χ3n) is 4.05. The lowest BCUT2D eigenvalue weighted by molar-refractivity contribution is -0.124. The predicted octanol–water partition coefficient (Wildman–Crippen LogP) is 4.40. The number of amides is 1. The minimum absolute atomic E-state index is 0.0669. The molecule has 0 aromatic heterocycles. The first-order chi connectivity index (χ1) is 9.71. The number of hydrogen-bond acceptors (Lipinski definition) is 1. The van der Waals surface area contributed by atoms with Crippen LogP contribution in [0.5, 0.6) is 0 Å². The van der Waals surface area contributed by atoms with Crippen molar-refractivity contribution in [1.29, 1.82) is 0 Å². The molecule has 20 heavy (non-hydrogen) atoms. The van der Waals surface area contributed by atoms with Crippen LogP contribution in [0, 0.1) is 0 Å². The number of para-hydroxylation sites is 1. The fraction of sp³-hybridized carbons (Fsp3) is 0.235. The largest absolute Gasteiger partial charge is 0.325 e. The summed E-state index contributed by atoms with van der Waals surface area (Å²) in [7, 11) is 0. The first-order valence-corrected chi connectivity index (χ1v) is 7.21. The highest BCUT2D eigenvalue weighted by molar-refractivity contribution is 6.30. The van der Waals surface area contributed by atoms with Gasteiger partial charge in [-0.25, -0.2) is 0 Å². The zero-order chi connectivity index (χ0) is 14.0. The fourth-order valence-electron chi connectivity index (χ4n) is 2.74. The summed E-state index contributed by atoms with van der Waals surface area (Å²) in [6.07, 6.45) is 2.84. The van der Waals surface area contributed by atoms with E-state index in [1.807, 2.05) is 54.6 Å². The van der Waals surface area contributed by atoms with Gasteiger partial charge in [-0.05, 0) is 42.7 Å². The summed E-state index contributed by atoms with van der Waals surface area (Å²) >= 11 is 6.07. The van der Waals surface area contributed by atoms with Crippen molar-refractivity contribution in [3.05, 3.63) is 65.2 Å². The van der Waals surface area contributed by atoms with Crippen molar-refractivity contribution in [2.24, 2.45) is 0 Å². The Kier molecular flexibility index (Phi) is 3.49. The van der Waals surface area contributed by atoms with E-state index in [0.29, 0.717) is 5.02 Å². The molecule has 2 aromatic rings. The summed E-state index contributed by atoms with van der Waals surface area (Å²) in [6, 6.07) is 17.2. The van der Waals surface area contributed by atoms with Gasteiger partial charge in [0.15, 0.2) is 0 Å². The Labute approximate surface area is 123 Å². The zero-order valence-electron chi connectivity index (χ0n) is 11.1. The highest BCUT2D eigenvalue weighted by atomic mass is 35.5. The number of rotatable bonds is 3. The van der Waals surface area contributed by atoms with Crippen LogP contribution in [-0.4, -0.2) is 5.91 Å². The summed E-state index contributed by atoms with van der Waals surface area (Å²) in [6.45, 7) is 0. The van der Waals surface area contributed by atoms with Gasteiger partial charge in [-0.1, -0.05) is 48.4 Å². The van der Waals surface area contributed by atoms with Gasteiger partial charge in [0, 0.05) is 10.7 Å². The molecule has 0 heterocycles. The van der Waals surface area contributed by atoms with E-state index in [0.717, 1.165) is 30.5 Å². The van der Waals surface area contributed by atoms with Gasteiger partial charge >= 0.3 is 0 Å². The summed E-state index contributed by atoms with van der Waals surface area (Å²) < 4.78 is 0. The monoisotopic (exact) mass is 285 g/mol. The molecule has 1 fully saturated rings. The number of carbonyl (C=O) groups is 1. The van der Waals surface area contributed by atoms with Gasteiger partial charge in [0.05, 0.1) is 5.41 Å². The van der Waals surface area contributed by atoms with Crippen molar-refractivity contribution in [2.45, 2.75) is 24.7 Å². The van der Waals surface area contributed by atoms with E-state index in [1.54, 1.807) is 0 Å². The quantitative estimate of drug-likeness (QED) is 0.890. The Morgan fingerprint density at radius 1 is 1.05 bits per heavy atom. The van der Waals surface area contributed by atoms with E-state index in [-0.39, 0.29) is 5.91 Å². The molecule has 0 atom stereocenters. The second-order valence-electron chi connectivity index (χ2n) is 5.27. The van der Waals surface area contributed by atoms with Crippen molar-refractivity contribution in [2.75, 3.05) is 5.32 Å². The Bertz CT molecular complexity index is 620. The van der Waals surface area contributed by atoms with Gasteiger partial charge in [-0.2, -0.15) is 0 Å². The highest BCUT2D eigenvalue weighted by Crippen LogP contribution is 2.45. The van der Waals surface area contributed by atoms with Crippen LogP contribution >= 0.6 is 11.6 Å². The molecule has 102 valence electrons. The number of halogens is 1. The molecule has 3 heteroatoms. The zero-order valence-corrected chi connectivity index (χ0v) is 11.9. The van der Waals surface area contributed by atoms with Gasteiger partial charge in [-0.3, -0.25) is 4.79 Å². The van der Waals surface area contributed by atoms with E-state index >= 15 is 0 Å². The van der Waals surface area contributed by atoms with Crippen LogP contribution in [0.1, 0.15) is 24.8 Å². The van der Waals surface area contributed by atoms with E-state index in [4.69, 9.17) is 11.6 Å². The van der Waals surface area contributed by atoms with Crippen LogP contribution in [0.2, 0.25) is 5.02 Å². The molecule has 3 rings (SSSR count). The maximum Gasteiger partial charge on any atom is 0.235 e. The normalized spacial score (nSPS) is 16.2. The fourth-order valence-corrected chi connectivity index (χ4v) is 2.93. The molecule has 0 bridgehead atoms. The molecule has 1 aliphatic carbocycles. The summed E-state index contributed by atoms with van der Waals surface area (Å²) in [5, 5.41) is 3.70. The molecule has 0 unspecified atom stereocenters. The topological polar surface area (TPSA) is 29.1 Å². The van der Waals surface area contributed by atoms with E-state index < -0.39 is 5.41 Å². The third kappa shape index (κ3) is 2.32.